The maximum absolute atomic E-state index is 14.0. The van der Waals surface area contributed by atoms with Crippen LogP contribution in [-0.2, 0) is 9.53 Å². The maximum Gasteiger partial charge on any atom is 0.420 e. The van der Waals surface area contributed by atoms with E-state index in [2.05, 4.69) is 10.1 Å². The molecule has 3 aromatic rings. The van der Waals surface area contributed by atoms with Gasteiger partial charge in [0, 0.05) is 24.6 Å². The lowest BCUT2D eigenvalue weighted by molar-refractivity contribution is -0.139. The Kier molecular flexibility index (Phi) is 4.08. The monoisotopic (exact) mass is 428 g/mol. The number of oxazole rings is 1. The molecule has 0 unspecified atom stereocenters. The van der Waals surface area contributed by atoms with Gasteiger partial charge in [0.15, 0.2) is 17.1 Å². The van der Waals surface area contributed by atoms with E-state index in [0.717, 1.165) is 0 Å². The Morgan fingerprint density at radius 3 is 2.65 bits per heavy atom. The number of ether oxygens (including phenoxy) is 1. The highest BCUT2D eigenvalue weighted by molar-refractivity contribution is 5.88. The van der Waals surface area contributed by atoms with Crippen LogP contribution in [-0.4, -0.2) is 57.5 Å². The van der Waals surface area contributed by atoms with E-state index in [1.807, 2.05) is 6.07 Å². The molecule has 1 aromatic carbocycles. The van der Waals surface area contributed by atoms with Gasteiger partial charge in [-0.1, -0.05) is 5.16 Å². The SMILES string of the molecule is O=C(N1CCC(c2noc(-c3ccc4oc(=O)n(C5COC5)c4c3)n2)CC1)C1(F)CC1. The van der Waals surface area contributed by atoms with E-state index in [4.69, 9.17) is 13.7 Å². The molecule has 0 radical (unpaired) electrons. The van der Waals surface area contributed by atoms with Gasteiger partial charge in [0.1, 0.15) is 0 Å². The third-order valence-corrected chi connectivity index (χ3v) is 6.51. The Balaban J connectivity index is 1.21. The lowest BCUT2D eigenvalue weighted by atomic mass is 9.95. The summed E-state index contributed by atoms with van der Waals surface area (Å²) in [5.41, 5.74) is 0.243. The molecule has 10 heteroatoms. The fourth-order valence-electron chi connectivity index (χ4n) is 4.35. The lowest BCUT2D eigenvalue weighted by Gasteiger charge is -2.31. The van der Waals surface area contributed by atoms with Crippen LogP contribution in [0.5, 0.6) is 0 Å². The van der Waals surface area contributed by atoms with Crippen LogP contribution in [0.3, 0.4) is 0 Å². The predicted octanol–water partition coefficient (Wildman–Crippen LogP) is 2.42. The van der Waals surface area contributed by atoms with Crippen molar-refractivity contribution < 1.29 is 22.9 Å². The van der Waals surface area contributed by atoms with Crippen molar-refractivity contribution in [2.24, 2.45) is 0 Å². The molecule has 1 aliphatic carbocycles. The molecule has 2 aliphatic heterocycles. The van der Waals surface area contributed by atoms with Crippen molar-refractivity contribution in [2.75, 3.05) is 26.3 Å². The first-order valence-corrected chi connectivity index (χ1v) is 10.6. The number of carbonyl (C=O) groups excluding carboxylic acids is 1. The van der Waals surface area contributed by atoms with Gasteiger partial charge in [0.2, 0.25) is 0 Å². The molecular weight excluding hydrogens is 407 g/mol. The number of likely N-dealkylation sites (tertiary alicyclic amines) is 1. The number of halogens is 1. The van der Waals surface area contributed by atoms with Gasteiger partial charge in [0.05, 0.1) is 24.8 Å². The maximum atomic E-state index is 14.0. The Morgan fingerprint density at radius 1 is 1.19 bits per heavy atom. The first-order valence-electron chi connectivity index (χ1n) is 10.6. The van der Waals surface area contributed by atoms with E-state index in [1.165, 1.54) is 0 Å². The zero-order valence-electron chi connectivity index (χ0n) is 16.8. The predicted molar refractivity (Wildman–Crippen MR) is 105 cm³/mol. The van der Waals surface area contributed by atoms with Crippen LogP contribution in [0.25, 0.3) is 22.6 Å². The number of alkyl halides is 1. The second kappa shape index (κ2) is 6.74. The number of piperidine rings is 1. The summed E-state index contributed by atoms with van der Waals surface area (Å²) in [6.07, 6.45) is 2.01. The molecule has 1 amide bonds. The van der Waals surface area contributed by atoms with Crippen molar-refractivity contribution in [2.45, 2.75) is 43.3 Å². The fourth-order valence-corrected chi connectivity index (χ4v) is 4.35. The van der Waals surface area contributed by atoms with Crippen molar-refractivity contribution in [1.82, 2.24) is 19.6 Å². The van der Waals surface area contributed by atoms with Crippen molar-refractivity contribution in [3.8, 4) is 11.5 Å². The number of carbonyl (C=O) groups is 1. The van der Waals surface area contributed by atoms with E-state index in [9.17, 15) is 14.0 Å². The Labute approximate surface area is 175 Å². The average molecular weight is 428 g/mol. The number of aromatic nitrogens is 3. The summed E-state index contributed by atoms with van der Waals surface area (Å²) in [7, 11) is 0. The van der Waals surface area contributed by atoms with Crippen LogP contribution in [0, 0.1) is 0 Å². The van der Waals surface area contributed by atoms with Crippen molar-refractivity contribution in [1.29, 1.82) is 0 Å². The minimum absolute atomic E-state index is 0.0331. The number of nitrogens with zero attached hydrogens (tertiary/aromatic N) is 4. The van der Waals surface area contributed by atoms with Crippen LogP contribution < -0.4 is 5.76 Å². The number of rotatable bonds is 4. The molecule has 6 rings (SSSR count). The third-order valence-electron chi connectivity index (χ3n) is 6.51. The number of benzene rings is 1. The summed E-state index contributed by atoms with van der Waals surface area (Å²) in [4.78, 5) is 30.6. The van der Waals surface area contributed by atoms with Gasteiger partial charge in [-0.25, -0.2) is 9.18 Å². The van der Waals surface area contributed by atoms with Crippen LogP contribution >= 0.6 is 0 Å². The van der Waals surface area contributed by atoms with Gasteiger partial charge in [-0.15, -0.1) is 0 Å². The average Bonchev–Trinajstić information content (AvgIpc) is 3.18. The smallest absolute Gasteiger partial charge is 0.408 e. The Hall–Kier alpha value is -3.01. The summed E-state index contributed by atoms with van der Waals surface area (Å²) >= 11 is 0. The van der Waals surface area contributed by atoms with Crippen molar-refractivity contribution in [3.05, 3.63) is 34.6 Å². The van der Waals surface area contributed by atoms with Gasteiger partial charge < -0.3 is 18.6 Å². The normalized spacial score (nSPS) is 21.4. The first kappa shape index (κ1) is 18.7. The highest BCUT2D eigenvalue weighted by Gasteiger charge is 2.53. The lowest BCUT2D eigenvalue weighted by Crippen LogP contribution is -2.43. The molecule has 31 heavy (non-hydrogen) atoms. The molecular formula is C21H21FN4O5. The fraction of sp³-hybridized carbons (Fsp3) is 0.524. The molecule has 0 atom stereocenters. The molecule has 2 saturated heterocycles. The minimum Gasteiger partial charge on any atom is -0.408 e. The molecule has 4 heterocycles. The summed E-state index contributed by atoms with van der Waals surface area (Å²) in [6.45, 7) is 1.95. The van der Waals surface area contributed by atoms with Gasteiger partial charge in [-0.3, -0.25) is 9.36 Å². The van der Waals surface area contributed by atoms with E-state index < -0.39 is 11.4 Å². The van der Waals surface area contributed by atoms with E-state index in [1.54, 1.807) is 21.6 Å². The molecule has 9 nitrogen and oxygen atoms in total. The number of amides is 1. The second-order valence-corrected chi connectivity index (χ2v) is 8.60. The van der Waals surface area contributed by atoms with E-state index in [0.29, 0.717) is 80.4 Å². The standard InChI is InChI=1S/C21H21FN4O5/c22-21(5-6-21)19(27)25-7-3-12(4-8-25)17-23-18(31-24-17)13-1-2-16-15(9-13)26(20(28)30-16)14-10-29-11-14/h1-2,9,12,14H,3-8,10-11H2. The molecule has 0 spiro atoms. The second-order valence-electron chi connectivity index (χ2n) is 8.60. The molecule has 0 bridgehead atoms. The largest absolute Gasteiger partial charge is 0.420 e. The Bertz CT molecular complexity index is 1210. The van der Waals surface area contributed by atoms with E-state index >= 15 is 0 Å². The zero-order valence-corrected chi connectivity index (χ0v) is 16.8. The number of hydrogen-bond acceptors (Lipinski definition) is 7. The first-order chi connectivity index (χ1) is 15.0. The minimum atomic E-state index is -1.62. The van der Waals surface area contributed by atoms with E-state index in [-0.39, 0.29) is 17.9 Å². The molecule has 1 saturated carbocycles. The molecule has 3 fully saturated rings. The summed E-state index contributed by atoms with van der Waals surface area (Å²) in [6, 6.07) is 5.28. The summed E-state index contributed by atoms with van der Waals surface area (Å²) < 4.78 is 31.7. The zero-order chi connectivity index (χ0) is 21.2. The molecule has 162 valence electrons. The van der Waals surface area contributed by atoms with Crippen molar-refractivity contribution in [3.63, 3.8) is 0 Å². The number of hydrogen-bond donors (Lipinski definition) is 0. The van der Waals surface area contributed by atoms with Crippen molar-refractivity contribution >= 4 is 17.0 Å². The van der Waals surface area contributed by atoms with Gasteiger partial charge in [-0.2, -0.15) is 4.98 Å². The highest BCUT2D eigenvalue weighted by Crippen LogP contribution is 2.42. The molecule has 0 N–H and O–H groups in total. The van der Waals surface area contributed by atoms with Crippen LogP contribution in [0.15, 0.2) is 31.9 Å². The topological polar surface area (TPSA) is 104 Å². The molecule has 2 aromatic heterocycles. The van der Waals surface area contributed by atoms with Gasteiger partial charge in [0.25, 0.3) is 11.8 Å². The Morgan fingerprint density at radius 2 is 1.97 bits per heavy atom. The van der Waals surface area contributed by atoms with Gasteiger partial charge in [-0.05, 0) is 43.9 Å². The highest BCUT2D eigenvalue weighted by atomic mass is 19.1. The summed E-state index contributed by atoms with van der Waals surface area (Å²) in [5.74, 6) is 0.214. The van der Waals surface area contributed by atoms with Crippen LogP contribution in [0.4, 0.5) is 4.39 Å². The van der Waals surface area contributed by atoms with Crippen LogP contribution in [0.1, 0.15) is 43.5 Å². The number of fused-ring (bicyclic) bond motifs is 1. The third kappa shape index (κ3) is 3.08. The molecule has 3 aliphatic rings. The summed E-state index contributed by atoms with van der Waals surface area (Å²) in [5, 5.41) is 4.14. The van der Waals surface area contributed by atoms with Crippen LogP contribution in [0.2, 0.25) is 0 Å². The van der Waals surface area contributed by atoms with Gasteiger partial charge >= 0.3 is 5.76 Å². The quantitative estimate of drug-likeness (QED) is 0.629.